The van der Waals surface area contributed by atoms with Crippen molar-refractivity contribution in [2.75, 3.05) is 44.8 Å². The molecule has 0 aromatic heterocycles. The van der Waals surface area contributed by atoms with Crippen LogP contribution in [0.15, 0.2) is 0 Å². The van der Waals surface area contributed by atoms with Crippen LogP contribution < -0.4 is 43.0 Å². The zero-order valence-electron chi connectivity index (χ0n) is 32.2. The number of thioether (sulfide) groups is 1. The van der Waals surface area contributed by atoms with Crippen LogP contribution in [0.3, 0.4) is 0 Å². The minimum absolute atomic E-state index is 0.105. The topological polar surface area (TPSA) is 382 Å². The van der Waals surface area contributed by atoms with Crippen molar-refractivity contribution in [3.05, 3.63) is 0 Å². The van der Waals surface area contributed by atoms with E-state index in [0.717, 1.165) is 0 Å². The number of hydrogen-bond donors (Lipinski definition) is 12. The van der Waals surface area contributed by atoms with Crippen LogP contribution in [0.1, 0.15) is 52.4 Å². The van der Waals surface area contributed by atoms with E-state index < -0.39 is 140 Å². The van der Waals surface area contributed by atoms with Gasteiger partial charge in [0.25, 0.3) is 0 Å². The number of rotatable bonds is 26. The van der Waals surface area contributed by atoms with Crippen LogP contribution in [0.4, 0.5) is 0 Å². The van der Waals surface area contributed by atoms with Gasteiger partial charge in [0.05, 0.1) is 38.7 Å². The Bertz CT molecular complexity index is 1530. The van der Waals surface area contributed by atoms with E-state index in [1.807, 2.05) is 5.32 Å². The highest BCUT2D eigenvalue weighted by molar-refractivity contribution is 7.98. The van der Waals surface area contributed by atoms with E-state index >= 15 is 0 Å². The van der Waals surface area contributed by atoms with Crippen LogP contribution in [0.5, 0.6) is 0 Å². The van der Waals surface area contributed by atoms with Crippen LogP contribution in [0.25, 0.3) is 0 Å². The average molecular weight is 848 g/mol. The van der Waals surface area contributed by atoms with E-state index in [0.29, 0.717) is 18.6 Å². The van der Waals surface area contributed by atoms with Crippen LogP contribution in [0, 0.1) is 5.92 Å². The number of carbonyl (C=O) groups excluding carboxylic acids is 8. The van der Waals surface area contributed by atoms with Crippen LogP contribution in [-0.2, 0) is 52.7 Å². The molecule has 0 radical (unpaired) electrons. The third-order valence-electron chi connectivity index (χ3n) is 8.45. The third-order valence-corrected chi connectivity index (χ3v) is 9.10. The Labute approximate surface area is 336 Å². The van der Waals surface area contributed by atoms with E-state index in [-0.39, 0.29) is 25.8 Å². The quantitative estimate of drug-likeness (QED) is 0.0386. The first-order valence-electron chi connectivity index (χ1n) is 18.1. The highest BCUT2D eigenvalue weighted by Gasteiger charge is 2.36. The van der Waals surface area contributed by atoms with E-state index in [4.69, 9.17) is 21.1 Å². The predicted molar refractivity (Wildman–Crippen MR) is 201 cm³/mol. The molecule has 1 heterocycles. The van der Waals surface area contributed by atoms with Gasteiger partial charge < -0.3 is 68.3 Å². The highest BCUT2D eigenvalue weighted by atomic mass is 32.2. The van der Waals surface area contributed by atoms with E-state index in [1.54, 1.807) is 20.1 Å². The predicted octanol–water partition coefficient (Wildman–Crippen LogP) is -5.58. The van der Waals surface area contributed by atoms with Crippen molar-refractivity contribution in [2.24, 2.45) is 11.7 Å². The molecule has 1 aliphatic rings. The molecular weight excluding hydrogens is 794 g/mol. The Hall–Kier alpha value is -5.56. The third kappa shape index (κ3) is 18.1. The summed E-state index contributed by atoms with van der Waals surface area (Å²) in [6, 6.07) is -8.01. The van der Waals surface area contributed by atoms with Gasteiger partial charge >= 0.3 is 17.9 Å². The Morgan fingerprint density at radius 2 is 1.31 bits per heavy atom. The molecule has 0 aromatic rings. The van der Waals surface area contributed by atoms with Gasteiger partial charge in [0.15, 0.2) is 0 Å². The average Bonchev–Trinajstić information content (AvgIpc) is 3.66. The van der Waals surface area contributed by atoms with Crippen molar-refractivity contribution in [2.45, 2.75) is 88.6 Å². The number of nitrogens with two attached hydrogens (primary N) is 1. The zero-order valence-corrected chi connectivity index (χ0v) is 33.1. The second kappa shape index (κ2) is 25.6. The number of aliphatic carboxylic acids is 3. The van der Waals surface area contributed by atoms with Gasteiger partial charge in [0.1, 0.15) is 30.2 Å². The van der Waals surface area contributed by atoms with Crippen molar-refractivity contribution in [1.29, 1.82) is 0 Å². The number of hydrogen-bond acceptors (Lipinski definition) is 14. The van der Waals surface area contributed by atoms with Crippen LogP contribution in [-0.4, -0.2) is 172 Å². The molecule has 1 saturated heterocycles. The lowest BCUT2D eigenvalue weighted by atomic mass is 10.0. The van der Waals surface area contributed by atoms with Crippen molar-refractivity contribution in [1.82, 2.24) is 42.1 Å². The fourth-order valence-corrected chi connectivity index (χ4v) is 5.82. The first kappa shape index (κ1) is 50.5. The summed E-state index contributed by atoms with van der Waals surface area (Å²) in [6.45, 7) is 0.467. The second-order valence-electron chi connectivity index (χ2n) is 13.4. The first-order chi connectivity index (χ1) is 27.2. The standard InChI is InChI=1S/C33H53N9O15S/c1-16(2)27(31(54)37-14-24(46)39-20(15-43)29(52)40-19(33(56)57)11-26(49)50)41-28(51)18(8-10-58-3)38-23(45)13-35-22(44)12-36-30(53)21-5-4-9-42(21)32(55)17(34)6-7-25(47)48/h16-21,27,43H,4-15,34H2,1-3H3,(H,35,44)(H,36,53)(H,37,54)(H,38,45)(H,39,46)(H,40,52)(H,41,51)(H,47,48)(H,49,50)(H,56,57)/t17-,18-,19-,20-,21-,27-/m0/s1. The summed E-state index contributed by atoms with van der Waals surface area (Å²) in [7, 11) is 0. The molecule has 0 aliphatic carbocycles. The fourth-order valence-electron chi connectivity index (χ4n) is 5.35. The number of likely N-dealkylation sites (tertiary alicyclic amines) is 1. The summed E-state index contributed by atoms with van der Waals surface area (Å²) >= 11 is 1.36. The second-order valence-corrected chi connectivity index (χ2v) is 14.4. The smallest absolute Gasteiger partial charge is 0.326 e. The highest BCUT2D eigenvalue weighted by Crippen LogP contribution is 2.19. The van der Waals surface area contributed by atoms with Gasteiger partial charge in [-0.3, -0.25) is 47.9 Å². The molecule has 24 nitrogen and oxygen atoms in total. The first-order valence-corrected chi connectivity index (χ1v) is 19.4. The molecule has 0 unspecified atom stereocenters. The number of nitrogens with zero attached hydrogens (tertiary/aromatic N) is 1. The van der Waals surface area contributed by atoms with Crippen LogP contribution >= 0.6 is 11.8 Å². The number of aliphatic hydroxyl groups excluding tert-OH is 1. The normalized spacial score (nSPS) is 16.0. The number of amides is 8. The Morgan fingerprint density at radius 3 is 1.86 bits per heavy atom. The Balaban J connectivity index is 2.73. The molecule has 1 fully saturated rings. The maximum Gasteiger partial charge on any atom is 0.326 e. The maximum atomic E-state index is 13.3. The summed E-state index contributed by atoms with van der Waals surface area (Å²) in [5.41, 5.74) is 5.81. The summed E-state index contributed by atoms with van der Waals surface area (Å²) in [5, 5.41) is 52.2. The molecule has 0 bridgehead atoms. The van der Waals surface area contributed by atoms with Gasteiger partial charge in [-0.1, -0.05) is 13.8 Å². The molecule has 58 heavy (non-hydrogen) atoms. The number of aliphatic hydroxyl groups is 1. The monoisotopic (exact) mass is 847 g/mol. The number of nitrogens with one attached hydrogen (secondary N) is 7. The van der Waals surface area contributed by atoms with E-state index in [9.17, 15) is 57.8 Å². The minimum atomic E-state index is -1.85. The molecule has 25 heteroatoms. The molecule has 0 aromatic carbocycles. The minimum Gasteiger partial charge on any atom is -0.481 e. The lowest BCUT2D eigenvalue weighted by Gasteiger charge is -2.26. The fraction of sp³-hybridized carbons (Fsp3) is 0.667. The van der Waals surface area contributed by atoms with Gasteiger partial charge in [0.2, 0.25) is 47.3 Å². The van der Waals surface area contributed by atoms with Crippen molar-refractivity contribution < 1.29 is 73.2 Å². The molecule has 6 atom stereocenters. The van der Waals surface area contributed by atoms with Gasteiger partial charge in [-0.25, -0.2) is 4.79 Å². The van der Waals surface area contributed by atoms with Gasteiger partial charge in [0, 0.05) is 13.0 Å². The van der Waals surface area contributed by atoms with Crippen molar-refractivity contribution in [3.8, 4) is 0 Å². The molecule has 1 aliphatic heterocycles. The zero-order chi connectivity index (χ0) is 44.1. The maximum absolute atomic E-state index is 13.3. The number of carbonyl (C=O) groups is 11. The molecule has 13 N–H and O–H groups in total. The van der Waals surface area contributed by atoms with Gasteiger partial charge in [-0.05, 0) is 43.6 Å². The number of carboxylic acid groups (broad SMARTS) is 3. The SMILES string of the molecule is CSCC[C@H](NC(=O)CNC(=O)CNC(=O)[C@@H]1CCCN1C(=O)[C@@H](N)CCC(=O)O)C(=O)N[C@H](C(=O)NCC(=O)N[C@@H](CO)C(=O)N[C@@H](CC(=O)O)C(=O)O)C(C)C. The summed E-state index contributed by atoms with van der Waals surface area (Å²) in [4.78, 5) is 136. The molecule has 1 rings (SSSR count). The largest absolute Gasteiger partial charge is 0.481 e. The molecule has 8 amide bonds. The Kier molecular flexibility index (Phi) is 22.3. The lowest BCUT2D eigenvalue weighted by molar-refractivity contribution is -0.147. The summed E-state index contributed by atoms with van der Waals surface area (Å²) in [6.07, 6.45) is 1.22. The summed E-state index contributed by atoms with van der Waals surface area (Å²) < 4.78 is 0. The number of carboxylic acids is 3. The van der Waals surface area contributed by atoms with Crippen molar-refractivity contribution >= 4 is 76.9 Å². The molecule has 0 spiro atoms. The summed E-state index contributed by atoms with van der Waals surface area (Å²) in [5.74, 6) is -11.1. The van der Waals surface area contributed by atoms with E-state index in [2.05, 4.69) is 31.9 Å². The lowest BCUT2D eigenvalue weighted by Crippen LogP contribution is -2.58. The van der Waals surface area contributed by atoms with Gasteiger partial charge in [-0.15, -0.1) is 0 Å². The molecule has 326 valence electrons. The van der Waals surface area contributed by atoms with Crippen molar-refractivity contribution in [3.63, 3.8) is 0 Å². The van der Waals surface area contributed by atoms with E-state index in [1.165, 1.54) is 16.7 Å². The molecular formula is C33H53N9O15S. The van der Waals surface area contributed by atoms with Gasteiger partial charge in [-0.2, -0.15) is 11.8 Å². The Morgan fingerprint density at radius 1 is 0.724 bits per heavy atom. The molecule has 0 saturated carbocycles. The van der Waals surface area contributed by atoms with Crippen LogP contribution in [0.2, 0.25) is 0 Å².